The van der Waals surface area contributed by atoms with Gasteiger partial charge < -0.3 is 5.32 Å². The topological polar surface area (TPSA) is 12.0 Å². The number of hydrogen-bond acceptors (Lipinski definition) is 2. The van der Waals surface area contributed by atoms with E-state index in [9.17, 15) is 4.39 Å². The second kappa shape index (κ2) is 6.44. The first kappa shape index (κ1) is 14.4. The molecular weight excluding hydrogens is 325 g/mol. The van der Waals surface area contributed by atoms with Crippen LogP contribution in [0, 0.1) is 5.82 Å². The number of halogens is 2. The molecule has 0 aliphatic carbocycles. The SMILES string of the molecule is CSc1ccc(NC(C)c2ccc(Br)cc2F)cc1. The molecule has 0 saturated heterocycles. The molecule has 19 heavy (non-hydrogen) atoms. The van der Waals surface area contributed by atoms with Crippen molar-refractivity contribution < 1.29 is 4.39 Å². The van der Waals surface area contributed by atoms with Crippen LogP contribution >= 0.6 is 27.7 Å². The molecule has 0 aliphatic heterocycles. The van der Waals surface area contributed by atoms with Gasteiger partial charge in [-0.2, -0.15) is 0 Å². The van der Waals surface area contributed by atoms with Crippen LogP contribution in [0.4, 0.5) is 10.1 Å². The molecule has 0 aromatic heterocycles. The zero-order valence-corrected chi connectivity index (χ0v) is 13.2. The van der Waals surface area contributed by atoms with E-state index in [1.165, 1.54) is 11.0 Å². The fraction of sp³-hybridized carbons (Fsp3) is 0.200. The molecule has 100 valence electrons. The summed E-state index contributed by atoms with van der Waals surface area (Å²) in [5.74, 6) is -0.199. The third kappa shape index (κ3) is 3.74. The van der Waals surface area contributed by atoms with Gasteiger partial charge in [-0.05, 0) is 49.6 Å². The van der Waals surface area contributed by atoms with Gasteiger partial charge >= 0.3 is 0 Å². The van der Waals surface area contributed by atoms with Crippen molar-refractivity contribution >= 4 is 33.4 Å². The van der Waals surface area contributed by atoms with Crippen molar-refractivity contribution in [1.82, 2.24) is 0 Å². The van der Waals surface area contributed by atoms with Crippen molar-refractivity contribution in [2.75, 3.05) is 11.6 Å². The van der Waals surface area contributed by atoms with E-state index in [1.54, 1.807) is 17.8 Å². The maximum atomic E-state index is 13.8. The fourth-order valence-corrected chi connectivity index (χ4v) is 2.61. The van der Waals surface area contributed by atoms with Crippen molar-refractivity contribution in [1.29, 1.82) is 0 Å². The maximum absolute atomic E-state index is 13.8. The molecular formula is C15H15BrFNS. The quantitative estimate of drug-likeness (QED) is 0.740. The highest BCUT2D eigenvalue weighted by atomic mass is 79.9. The summed E-state index contributed by atoms with van der Waals surface area (Å²) in [6, 6.07) is 13.2. The van der Waals surface area contributed by atoms with Crippen LogP contribution in [0.3, 0.4) is 0 Å². The van der Waals surface area contributed by atoms with Gasteiger partial charge in [0.1, 0.15) is 5.82 Å². The van der Waals surface area contributed by atoms with Crippen LogP contribution in [0.5, 0.6) is 0 Å². The number of benzene rings is 2. The molecule has 2 rings (SSSR count). The molecule has 0 radical (unpaired) electrons. The number of anilines is 1. The fourth-order valence-electron chi connectivity index (χ4n) is 1.87. The van der Waals surface area contributed by atoms with Crippen LogP contribution in [0.1, 0.15) is 18.5 Å². The Bertz CT molecular complexity index is 557. The average Bonchev–Trinajstić information content (AvgIpc) is 2.39. The van der Waals surface area contributed by atoms with Crippen LogP contribution in [0.2, 0.25) is 0 Å². The highest BCUT2D eigenvalue weighted by molar-refractivity contribution is 9.10. The van der Waals surface area contributed by atoms with E-state index >= 15 is 0 Å². The molecule has 0 heterocycles. The predicted molar refractivity (Wildman–Crippen MR) is 84.4 cm³/mol. The Labute approximate surface area is 125 Å². The molecule has 0 amide bonds. The van der Waals surface area contributed by atoms with E-state index in [-0.39, 0.29) is 11.9 Å². The van der Waals surface area contributed by atoms with Gasteiger partial charge in [-0.15, -0.1) is 11.8 Å². The van der Waals surface area contributed by atoms with Gasteiger partial charge in [0.25, 0.3) is 0 Å². The van der Waals surface area contributed by atoms with Crippen LogP contribution in [0.15, 0.2) is 51.8 Å². The Morgan fingerprint density at radius 2 is 1.84 bits per heavy atom. The first-order chi connectivity index (χ1) is 9.10. The van der Waals surface area contributed by atoms with E-state index in [1.807, 2.05) is 31.4 Å². The largest absolute Gasteiger partial charge is 0.378 e. The van der Waals surface area contributed by atoms with Crippen LogP contribution in [0.25, 0.3) is 0 Å². The third-order valence-corrected chi connectivity index (χ3v) is 4.14. The van der Waals surface area contributed by atoms with Gasteiger partial charge in [-0.1, -0.05) is 22.0 Å². The predicted octanol–water partition coefficient (Wildman–Crippen LogP) is 5.48. The smallest absolute Gasteiger partial charge is 0.129 e. The third-order valence-electron chi connectivity index (χ3n) is 2.90. The van der Waals surface area contributed by atoms with Gasteiger partial charge in [-0.25, -0.2) is 4.39 Å². The molecule has 1 atom stereocenters. The summed E-state index contributed by atoms with van der Waals surface area (Å²) in [6.07, 6.45) is 2.04. The summed E-state index contributed by atoms with van der Waals surface area (Å²) >= 11 is 4.97. The van der Waals surface area contributed by atoms with Crippen molar-refractivity contribution in [2.24, 2.45) is 0 Å². The van der Waals surface area contributed by atoms with Gasteiger partial charge in [0.05, 0.1) is 6.04 Å². The van der Waals surface area contributed by atoms with Gasteiger partial charge in [-0.3, -0.25) is 0 Å². The van der Waals surface area contributed by atoms with Crippen LogP contribution < -0.4 is 5.32 Å². The number of thioether (sulfide) groups is 1. The molecule has 1 N–H and O–H groups in total. The van der Waals surface area contributed by atoms with Crippen molar-refractivity contribution in [3.8, 4) is 0 Å². The Hall–Kier alpha value is -1.00. The molecule has 0 aliphatic rings. The minimum Gasteiger partial charge on any atom is -0.378 e. The molecule has 0 spiro atoms. The van der Waals surface area contributed by atoms with Crippen LogP contribution in [-0.2, 0) is 0 Å². The first-order valence-corrected chi connectivity index (χ1v) is 7.97. The monoisotopic (exact) mass is 339 g/mol. The summed E-state index contributed by atoms with van der Waals surface area (Å²) in [5, 5.41) is 3.31. The molecule has 4 heteroatoms. The summed E-state index contributed by atoms with van der Waals surface area (Å²) < 4.78 is 14.6. The maximum Gasteiger partial charge on any atom is 0.129 e. The summed E-state index contributed by atoms with van der Waals surface area (Å²) in [6.45, 7) is 1.95. The van der Waals surface area contributed by atoms with E-state index in [0.29, 0.717) is 5.56 Å². The van der Waals surface area contributed by atoms with Crippen molar-refractivity contribution in [3.63, 3.8) is 0 Å². The Morgan fingerprint density at radius 1 is 1.16 bits per heavy atom. The molecule has 0 saturated carbocycles. The highest BCUT2D eigenvalue weighted by Gasteiger charge is 2.11. The number of rotatable bonds is 4. The Balaban J connectivity index is 2.13. The summed E-state index contributed by atoms with van der Waals surface area (Å²) in [7, 11) is 0. The van der Waals surface area contributed by atoms with Gasteiger partial charge in [0.15, 0.2) is 0 Å². The minimum absolute atomic E-state index is 0.0757. The Kier molecular flexibility index (Phi) is 4.88. The van der Waals surface area contributed by atoms with Gasteiger partial charge in [0.2, 0.25) is 0 Å². The lowest BCUT2D eigenvalue weighted by molar-refractivity contribution is 0.599. The van der Waals surface area contributed by atoms with Crippen molar-refractivity contribution in [3.05, 3.63) is 58.3 Å². The molecule has 2 aromatic carbocycles. The van der Waals surface area contributed by atoms with E-state index in [0.717, 1.165) is 10.2 Å². The minimum atomic E-state index is -0.199. The van der Waals surface area contributed by atoms with Crippen molar-refractivity contribution in [2.45, 2.75) is 17.9 Å². The number of nitrogens with one attached hydrogen (secondary N) is 1. The lowest BCUT2D eigenvalue weighted by Gasteiger charge is -2.16. The van der Waals surface area contributed by atoms with E-state index in [4.69, 9.17) is 0 Å². The Morgan fingerprint density at radius 3 is 2.42 bits per heavy atom. The lowest BCUT2D eigenvalue weighted by Crippen LogP contribution is -2.08. The van der Waals surface area contributed by atoms with E-state index in [2.05, 4.69) is 33.4 Å². The summed E-state index contributed by atoms with van der Waals surface area (Å²) in [4.78, 5) is 1.22. The second-order valence-electron chi connectivity index (χ2n) is 4.26. The molecule has 0 bridgehead atoms. The normalized spacial score (nSPS) is 12.2. The standard InChI is InChI=1S/C15H15BrFNS/c1-10(14-8-3-11(16)9-15(14)17)18-12-4-6-13(19-2)7-5-12/h3-10,18H,1-2H3. The number of hydrogen-bond donors (Lipinski definition) is 1. The second-order valence-corrected chi connectivity index (χ2v) is 6.06. The zero-order valence-electron chi connectivity index (χ0n) is 10.8. The molecule has 1 nitrogen and oxygen atoms in total. The zero-order chi connectivity index (χ0) is 13.8. The molecule has 0 fully saturated rings. The molecule has 1 unspecified atom stereocenters. The molecule has 2 aromatic rings. The van der Waals surface area contributed by atoms with Crippen LogP contribution in [-0.4, -0.2) is 6.26 Å². The van der Waals surface area contributed by atoms with Gasteiger partial charge in [0, 0.05) is 20.6 Å². The first-order valence-electron chi connectivity index (χ1n) is 5.95. The lowest BCUT2D eigenvalue weighted by atomic mass is 10.1. The average molecular weight is 340 g/mol. The highest BCUT2D eigenvalue weighted by Crippen LogP contribution is 2.25. The van der Waals surface area contributed by atoms with E-state index < -0.39 is 0 Å². The summed E-state index contributed by atoms with van der Waals surface area (Å²) in [5.41, 5.74) is 1.66.